The number of carbonyl (C=O) groups is 2. The molecule has 0 radical (unpaired) electrons. The molecule has 1 fully saturated rings. The molecule has 160 valence electrons. The lowest BCUT2D eigenvalue weighted by molar-refractivity contribution is -0.896. The van der Waals surface area contributed by atoms with Crippen molar-refractivity contribution < 1.29 is 19.2 Å². The highest BCUT2D eigenvalue weighted by molar-refractivity contribution is 5.87. The van der Waals surface area contributed by atoms with Crippen LogP contribution in [0.1, 0.15) is 23.5 Å². The predicted molar refractivity (Wildman–Crippen MR) is 116 cm³/mol. The number of hydrogen-bond donors (Lipinski definition) is 2. The molecule has 1 aliphatic heterocycles. The topological polar surface area (TPSA) is 63.1 Å². The lowest BCUT2D eigenvalue weighted by Gasteiger charge is -2.34. The summed E-state index contributed by atoms with van der Waals surface area (Å²) in [7, 11) is 1.66. The average molecular weight is 411 g/mol. The molecule has 2 aromatic rings. The van der Waals surface area contributed by atoms with Gasteiger partial charge in [-0.25, -0.2) is 0 Å². The summed E-state index contributed by atoms with van der Waals surface area (Å²) in [5.41, 5.74) is 2.03. The van der Waals surface area contributed by atoms with E-state index in [1.54, 1.807) is 7.11 Å². The highest BCUT2D eigenvalue weighted by atomic mass is 16.5. The number of carbonyl (C=O) groups excluding carboxylic acids is 2. The third-order valence-electron chi connectivity index (χ3n) is 5.55. The maximum absolute atomic E-state index is 13.5. The van der Waals surface area contributed by atoms with Gasteiger partial charge in [0.25, 0.3) is 5.91 Å². The van der Waals surface area contributed by atoms with Gasteiger partial charge in [0.2, 0.25) is 5.91 Å². The van der Waals surface area contributed by atoms with Crippen molar-refractivity contribution in [3.05, 3.63) is 71.8 Å². The molecule has 6 heteroatoms. The fraction of sp³-hybridized carbons (Fsp3) is 0.417. The molecular formula is C24H32N3O3+. The molecule has 0 saturated carbocycles. The molecular weight excluding hydrogens is 378 g/mol. The minimum Gasteiger partial charge on any atom is -0.385 e. The number of piperazine rings is 1. The van der Waals surface area contributed by atoms with Crippen molar-refractivity contribution in [3.63, 3.8) is 0 Å². The third kappa shape index (κ3) is 6.15. The maximum atomic E-state index is 13.5. The standard InChI is InChI=1S/C24H31N3O3/c1-30-18-8-13-25-22(28)19-26-14-16-27(17-15-26)24(29)23(20-9-4-2-5-10-20)21-11-6-3-7-12-21/h2-7,9-12,23H,8,13-19H2,1H3,(H,25,28)/p+1. The highest BCUT2D eigenvalue weighted by Gasteiger charge is 2.31. The minimum atomic E-state index is -0.293. The Morgan fingerprint density at radius 2 is 1.57 bits per heavy atom. The Bertz CT molecular complexity index is 750. The molecule has 1 saturated heterocycles. The molecule has 0 aromatic heterocycles. The van der Waals surface area contributed by atoms with E-state index in [9.17, 15) is 9.59 Å². The van der Waals surface area contributed by atoms with Gasteiger partial charge in [0, 0.05) is 20.3 Å². The maximum Gasteiger partial charge on any atom is 0.275 e. The van der Waals surface area contributed by atoms with Gasteiger partial charge in [-0.05, 0) is 17.5 Å². The van der Waals surface area contributed by atoms with Crippen molar-refractivity contribution in [2.75, 3.05) is 53.0 Å². The molecule has 2 aromatic carbocycles. The van der Waals surface area contributed by atoms with Crippen molar-refractivity contribution in [2.24, 2.45) is 0 Å². The number of ether oxygens (including phenoxy) is 1. The normalized spacial score (nSPS) is 14.7. The zero-order chi connectivity index (χ0) is 21.2. The second-order valence-corrected chi connectivity index (χ2v) is 7.70. The van der Waals surface area contributed by atoms with Gasteiger partial charge < -0.3 is 19.9 Å². The predicted octanol–water partition coefficient (Wildman–Crippen LogP) is 0.698. The zero-order valence-electron chi connectivity index (χ0n) is 17.7. The van der Waals surface area contributed by atoms with Crippen LogP contribution >= 0.6 is 0 Å². The Kier molecular flexibility index (Phi) is 8.41. The molecule has 1 heterocycles. The van der Waals surface area contributed by atoms with Gasteiger partial charge in [0.15, 0.2) is 6.54 Å². The van der Waals surface area contributed by atoms with E-state index in [1.807, 2.05) is 65.6 Å². The third-order valence-corrected chi connectivity index (χ3v) is 5.55. The van der Waals surface area contributed by atoms with Crippen LogP contribution < -0.4 is 10.2 Å². The lowest BCUT2D eigenvalue weighted by atomic mass is 9.90. The first kappa shape index (κ1) is 22.0. The van der Waals surface area contributed by atoms with Crippen LogP contribution in [0.3, 0.4) is 0 Å². The molecule has 0 atom stereocenters. The molecule has 6 nitrogen and oxygen atoms in total. The number of amides is 2. The second-order valence-electron chi connectivity index (χ2n) is 7.70. The van der Waals surface area contributed by atoms with Crippen LogP contribution in [0.2, 0.25) is 0 Å². The molecule has 3 rings (SSSR count). The van der Waals surface area contributed by atoms with Gasteiger partial charge in [-0.15, -0.1) is 0 Å². The minimum absolute atomic E-state index is 0.0623. The van der Waals surface area contributed by atoms with E-state index in [4.69, 9.17) is 4.74 Å². The largest absolute Gasteiger partial charge is 0.385 e. The smallest absolute Gasteiger partial charge is 0.275 e. The summed E-state index contributed by atoms with van der Waals surface area (Å²) in [4.78, 5) is 28.7. The van der Waals surface area contributed by atoms with Crippen LogP contribution in [-0.2, 0) is 14.3 Å². The van der Waals surface area contributed by atoms with E-state index in [2.05, 4.69) is 5.32 Å². The van der Waals surface area contributed by atoms with Gasteiger partial charge in [-0.2, -0.15) is 0 Å². The average Bonchev–Trinajstić information content (AvgIpc) is 2.79. The Hall–Kier alpha value is -2.70. The molecule has 0 bridgehead atoms. The number of hydrogen-bond acceptors (Lipinski definition) is 3. The van der Waals surface area contributed by atoms with Crippen LogP contribution in [0, 0.1) is 0 Å². The number of benzene rings is 2. The number of rotatable bonds is 9. The van der Waals surface area contributed by atoms with Crippen LogP contribution in [0.5, 0.6) is 0 Å². The van der Waals surface area contributed by atoms with Crippen molar-refractivity contribution >= 4 is 11.8 Å². The summed E-state index contributed by atoms with van der Waals surface area (Å²) in [5, 5.41) is 2.94. The number of nitrogens with one attached hydrogen (secondary N) is 2. The van der Waals surface area contributed by atoms with Crippen molar-refractivity contribution in [1.29, 1.82) is 0 Å². The summed E-state index contributed by atoms with van der Waals surface area (Å²) in [5.74, 6) is -0.0965. The zero-order valence-corrected chi connectivity index (χ0v) is 17.7. The van der Waals surface area contributed by atoms with Crippen molar-refractivity contribution in [3.8, 4) is 0 Å². The van der Waals surface area contributed by atoms with E-state index >= 15 is 0 Å². The fourth-order valence-corrected chi connectivity index (χ4v) is 3.91. The van der Waals surface area contributed by atoms with E-state index in [1.165, 1.54) is 4.90 Å². The van der Waals surface area contributed by atoms with Crippen molar-refractivity contribution in [2.45, 2.75) is 12.3 Å². The number of quaternary nitrogens is 1. The van der Waals surface area contributed by atoms with Crippen LogP contribution in [0.4, 0.5) is 0 Å². The fourth-order valence-electron chi connectivity index (χ4n) is 3.91. The Morgan fingerprint density at radius 1 is 1.00 bits per heavy atom. The molecule has 0 unspecified atom stereocenters. The van der Waals surface area contributed by atoms with Crippen LogP contribution in [-0.4, -0.2) is 69.7 Å². The first-order valence-corrected chi connectivity index (χ1v) is 10.7. The summed E-state index contributed by atoms with van der Waals surface area (Å²) in [6, 6.07) is 19.9. The molecule has 2 amide bonds. The first-order valence-electron chi connectivity index (χ1n) is 10.7. The molecule has 0 spiro atoms. The second kappa shape index (κ2) is 11.5. The summed E-state index contributed by atoms with van der Waals surface area (Å²) in [6.45, 7) is 4.65. The monoisotopic (exact) mass is 410 g/mol. The molecule has 1 aliphatic rings. The Morgan fingerprint density at radius 3 is 2.10 bits per heavy atom. The van der Waals surface area contributed by atoms with E-state index in [0.29, 0.717) is 32.8 Å². The van der Waals surface area contributed by atoms with Gasteiger partial charge >= 0.3 is 0 Å². The Balaban J connectivity index is 1.57. The number of methoxy groups -OCH3 is 1. The van der Waals surface area contributed by atoms with Crippen molar-refractivity contribution in [1.82, 2.24) is 10.2 Å². The van der Waals surface area contributed by atoms with Crippen LogP contribution in [0.25, 0.3) is 0 Å². The van der Waals surface area contributed by atoms with E-state index in [-0.39, 0.29) is 17.7 Å². The molecule has 2 N–H and O–H groups in total. The number of nitrogens with zero attached hydrogens (tertiary/aromatic N) is 1. The van der Waals surface area contributed by atoms with Gasteiger partial charge in [0.05, 0.1) is 32.1 Å². The lowest BCUT2D eigenvalue weighted by Crippen LogP contribution is -3.15. The summed E-state index contributed by atoms with van der Waals surface area (Å²) in [6.07, 6.45) is 0.820. The van der Waals surface area contributed by atoms with Crippen LogP contribution in [0.15, 0.2) is 60.7 Å². The first-order chi connectivity index (χ1) is 14.7. The van der Waals surface area contributed by atoms with E-state index in [0.717, 1.165) is 30.6 Å². The van der Waals surface area contributed by atoms with Gasteiger partial charge in [0.1, 0.15) is 0 Å². The summed E-state index contributed by atoms with van der Waals surface area (Å²) >= 11 is 0. The quantitative estimate of drug-likeness (QED) is 0.598. The summed E-state index contributed by atoms with van der Waals surface area (Å²) < 4.78 is 5.00. The van der Waals surface area contributed by atoms with Gasteiger partial charge in [-0.1, -0.05) is 60.7 Å². The SMILES string of the molecule is COCCCNC(=O)C[NH+]1CCN(C(=O)C(c2ccccc2)c2ccccc2)CC1. The highest BCUT2D eigenvalue weighted by Crippen LogP contribution is 2.26. The Labute approximate surface area is 178 Å². The molecule has 0 aliphatic carbocycles. The van der Waals surface area contributed by atoms with E-state index < -0.39 is 0 Å². The molecule has 30 heavy (non-hydrogen) atoms. The van der Waals surface area contributed by atoms with Gasteiger partial charge in [-0.3, -0.25) is 9.59 Å².